The molecule has 0 atom stereocenters. The minimum absolute atomic E-state index is 0.000172. The zero-order valence-electron chi connectivity index (χ0n) is 18.6. The van der Waals surface area contributed by atoms with E-state index in [-0.39, 0.29) is 18.0 Å². The number of benzene rings is 1. The first-order chi connectivity index (χ1) is 15.0. The van der Waals surface area contributed by atoms with Crippen molar-refractivity contribution in [2.45, 2.75) is 32.5 Å². The van der Waals surface area contributed by atoms with Gasteiger partial charge in [0.25, 0.3) is 0 Å². The SMILES string of the molecule is CN=C(NCc1cccc(NC(=O)Cn2cccn2)c1)NCC(C)(C)N1CCOCC1. The number of nitrogens with one attached hydrogen (secondary N) is 3. The van der Waals surface area contributed by atoms with Gasteiger partial charge in [-0.2, -0.15) is 5.10 Å². The Morgan fingerprint density at radius 3 is 2.74 bits per heavy atom. The third kappa shape index (κ3) is 7.08. The topological polar surface area (TPSA) is 95.8 Å². The quantitative estimate of drug-likeness (QED) is 0.434. The van der Waals surface area contributed by atoms with Crippen LogP contribution in [-0.2, 0) is 22.6 Å². The second-order valence-electron chi connectivity index (χ2n) is 8.14. The monoisotopic (exact) mass is 427 g/mol. The summed E-state index contributed by atoms with van der Waals surface area (Å²) >= 11 is 0. The van der Waals surface area contributed by atoms with E-state index in [4.69, 9.17) is 4.74 Å². The molecule has 1 aromatic carbocycles. The van der Waals surface area contributed by atoms with E-state index >= 15 is 0 Å². The first-order valence-electron chi connectivity index (χ1n) is 10.6. The molecule has 168 valence electrons. The summed E-state index contributed by atoms with van der Waals surface area (Å²) in [5.41, 5.74) is 1.81. The van der Waals surface area contributed by atoms with Crippen LogP contribution in [0.3, 0.4) is 0 Å². The molecular weight excluding hydrogens is 394 g/mol. The van der Waals surface area contributed by atoms with Gasteiger partial charge in [-0.05, 0) is 37.6 Å². The Morgan fingerprint density at radius 2 is 2.03 bits per heavy atom. The molecule has 0 unspecified atom stereocenters. The van der Waals surface area contributed by atoms with Gasteiger partial charge in [0.15, 0.2) is 5.96 Å². The van der Waals surface area contributed by atoms with Crippen molar-refractivity contribution in [2.75, 3.05) is 45.2 Å². The van der Waals surface area contributed by atoms with E-state index in [1.807, 2.05) is 24.3 Å². The van der Waals surface area contributed by atoms with Gasteiger partial charge in [-0.15, -0.1) is 0 Å². The molecular formula is C22H33N7O2. The van der Waals surface area contributed by atoms with Crippen LogP contribution in [0.15, 0.2) is 47.7 Å². The molecule has 2 aromatic rings. The van der Waals surface area contributed by atoms with Gasteiger partial charge < -0.3 is 20.7 Å². The summed E-state index contributed by atoms with van der Waals surface area (Å²) in [6, 6.07) is 9.57. The summed E-state index contributed by atoms with van der Waals surface area (Å²) in [6.07, 6.45) is 3.42. The molecule has 1 amide bonds. The molecule has 9 nitrogen and oxygen atoms in total. The van der Waals surface area contributed by atoms with Gasteiger partial charge in [0.2, 0.25) is 5.91 Å². The molecule has 31 heavy (non-hydrogen) atoms. The summed E-state index contributed by atoms with van der Waals surface area (Å²) in [5.74, 6) is 0.631. The number of hydrogen-bond acceptors (Lipinski definition) is 5. The van der Waals surface area contributed by atoms with Crippen LogP contribution in [0.4, 0.5) is 5.69 Å². The molecule has 2 heterocycles. The first-order valence-corrected chi connectivity index (χ1v) is 10.6. The van der Waals surface area contributed by atoms with Gasteiger partial charge in [0.05, 0.1) is 13.2 Å². The molecule has 1 aromatic heterocycles. The predicted molar refractivity (Wildman–Crippen MR) is 122 cm³/mol. The normalized spacial score (nSPS) is 15.5. The molecule has 3 rings (SSSR count). The molecule has 1 aliphatic rings. The number of carbonyl (C=O) groups is 1. The minimum atomic E-state index is -0.114. The maximum absolute atomic E-state index is 12.2. The van der Waals surface area contributed by atoms with Crippen molar-refractivity contribution in [3.05, 3.63) is 48.3 Å². The first kappa shape index (κ1) is 22.8. The van der Waals surface area contributed by atoms with E-state index in [0.29, 0.717) is 6.54 Å². The van der Waals surface area contributed by atoms with Crippen LogP contribution in [0.2, 0.25) is 0 Å². The predicted octanol–water partition coefficient (Wildman–Crippen LogP) is 1.30. The van der Waals surface area contributed by atoms with Gasteiger partial charge >= 0.3 is 0 Å². The van der Waals surface area contributed by atoms with Gasteiger partial charge in [-0.3, -0.25) is 19.4 Å². The third-order valence-electron chi connectivity index (χ3n) is 5.31. The number of nitrogens with zero attached hydrogens (tertiary/aromatic N) is 4. The fourth-order valence-electron chi connectivity index (χ4n) is 3.49. The Bertz CT molecular complexity index is 859. The maximum Gasteiger partial charge on any atom is 0.246 e. The number of carbonyl (C=O) groups excluding carboxylic acids is 1. The van der Waals surface area contributed by atoms with Crippen LogP contribution < -0.4 is 16.0 Å². The lowest BCUT2D eigenvalue weighted by Gasteiger charge is -2.41. The molecule has 0 aliphatic carbocycles. The van der Waals surface area contributed by atoms with Crippen LogP contribution in [-0.4, -0.2) is 72.0 Å². The van der Waals surface area contributed by atoms with E-state index in [9.17, 15) is 4.79 Å². The Kier molecular flexibility index (Phi) is 8.02. The van der Waals surface area contributed by atoms with Crippen molar-refractivity contribution in [1.29, 1.82) is 0 Å². The van der Waals surface area contributed by atoms with Crippen LogP contribution in [0.1, 0.15) is 19.4 Å². The molecule has 0 radical (unpaired) electrons. The van der Waals surface area contributed by atoms with Gasteiger partial charge in [-0.25, -0.2) is 0 Å². The molecule has 0 bridgehead atoms. The molecule has 0 saturated carbocycles. The summed E-state index contributed by atoms with van der Waals surface area (Å²) in [4.78, 5) is 19.0. The standard InChI is InChI=1S/C22H33N7O2/c1-22(2,28-10-12-31-13-11-28)17-25-21(23-3)24-15-18-6-4-7-19(14-18)27-20(30)16-29-9-5-8-26-29/h4-9,14H,10-13,15-17H2,1-3H3,(H,27,30)(H2,23,24,25). The lowest BCUT2D eigenvalue weighted by Crippen LogP contribution is -2.56. The molecule has 9 heteroatoms. The van der Waals surface area contributed by atoms with Crippen molar-refractivity contribution < 1.29 is 9.53 Å². The number of guanidine groups is 1. The number of ether oxygens (including phenoxy) is 1. The second kappa shape index (κ2) is 10.9. The highest BCUT2D eigenvalue weighted by Crippen LogP contribution is 2.15. The van der Waals surface area contributed by atoms with E-state index in [2.05, 4.69) is 44.8 Å². The molecule has 0 spiro atoms. The largest absolute Gasteiger partial charge is 0.379 e. The smallest absolute Gasteiger partial charge is 0.246 e. The molecule has 1 fully saturated rings. The summed E-state index contributed by atoms with van der Waals surface area (Å²) in [6.45, 7) is 9.47. The number of hydrogen-bond donors (Lipinski definition) is 3. The number of rotatable bonds is 8. The van der Waals surface area contributed by atoms with Crippen molar-refractivity contribution in [3.8, 4) is 0 Å². The Hall–Kier alpha value is -2.91. The van der Waals surface area contributed by atoms with Crippen LogP contribution in [0.25, 0.3) is 0 Å². The molecule has 3 N–H and O–H groups in total. The fraction of sp³-hybridized carbons (Fsp3) is 0.500. The van der Waals surface area contributed by atoms with Crippen molar-refractivity contribution in [2.24, 2.45) is 4.99 Å². The highest BCUT2D eigenvalue weighted by molar-refractivity contribution is 5.90. The van der Waals surface area contributed by atoms with Crippen molar-refractivity contribution >= 4 is 17.6 Å². The summed E-state index contributed by atoms with van der Waals surface area (Å²) < 4.78 is 7.05. The molecule has 1 aliphatic heterocycles. The van der Waals surface area contributed by atoms with Crippen LogP contribution in [0.5, 0.6) is 0 Å². The summed E-state index contributed by atoms with van der Waals surface area (Å²) in [7, 11) is 1.77. The van der Waals surface area contributed by atoms with Crippen LogP contribution in [0, 0.1) is 0 Å². The number of amides is 1. The average Bonchev–Trinajstić information content (AvgIpc) is 3.27. The van der Waals surface area contributed by atoms with E-state index in [1.165, 1.54) is 0 Å². The van der Waals surface area contributed by atoms with Gasteiger partial charge in [-0.1, -0.05) is 12.1 Å². The number of aliphatic imine (C=N–C) groups is 1. The van der Waals surface area contributed by atoms with Crippen molar-refractivity contribution in [1.82, 2.24) is 25.3 Å². The number of morpholine rings is 1. The maximum atomic E-state index is 12.2. The highest BCUT2D eigenvalue weighted by Gasteiger charge is 2.28. The zero-order chi connectivity index (χ0) is 22.1. The highest BCUT2D eigenvalue weighted by atomic mass is 16.5. The van der Waals surface area contributed by atoms with Crippen LogP contribution >= 0.6 is 0 Å². The van der Waals surface area contributed by atoms with E-state index in [0.717, 1.165) is 50.1 Å². The number of anilines is 1. The second-order valence-corrected chi connectivity index (χ2v) is 8.14. The Balaban J connectivity index is 1.47. The third-order valence-corrected chi connectivity index (χ3v) is 5.31. The Labute approximate surface area is 183 Å². The Morgan fingerprint density at radius 1 is 1.23 bits per heavy atom. The fourth-order valence-corrected chi connectivity index (χ4v) is 3.49. The summed E-state index contributed by atoms with van der Waals surface area (Å²) in [5, 5.41) is 13.7. The van der Waals surface area contributed by atoms with Gasteiger partial charge in [0, 0.05) is 56.8 Å². The van der Waals surface area contributed by atoms with Crippen molar-refractivity contribution in [3.63, 3.8) is 0 Å². The minimum Gasteiger partial charge on any atom is -0.379 e. The van der Waals surface area contributed by atoms with E-state index < -0.39 is 0 Å². The van der Waals surface area contributed by atoms with Gasteiger partial charge in [0.1, 0.15) is 6.54 Å². The zero-order valence-corrected chi connectivity index (χ0v) is 18.6. The van der Waals surface area contributed by atoms with E-state index in [1.54, 1.807) is 30.2 Å². The number of aromatic nitrogens is 2. The lowest BCUT2D eigenvalue weighted by atomic mass is 10.0. The average molecular weight is 428 g/mol. The molecule has 1 saturated heterocycles. The lowest BCUT2D eigenvalue weighted by molar-refractivity contribution is -0.116.